The third kappa shape index (κ3) is 4.05. The molecular formula is C16H22N2O5S. The van der Waals surface area contributed by atoms with Crippen molar-refractivity contribution in [2.75, 3.05) is 24.7 Å². The van der Waals surface area contributed by atoms with Crippen molar-refractivity contribution in [1.82, 2.24) is 9.47 Å². The van der Waals surface area contributed by atoms with Gasteiger partial charge in [-0.2, -0.15) is 0 Å². The lowest BCUT2D eigenvalue weighted by Gasteiger charge is -2.30. The van der Waals surface area contributed by atoms with Gasteiger partial charge in [-0.05, 0) is 25.3 Å². The van der Waals surface area contributed by atoms with Gasteiger partial charge < -0.3 is 14.2 Å². The fourth-order valence-corrected chi connectivity index (χ4v) is 5.04. The average Bonchev–Trinajstić information content (AvgIpc) is 3.16. The van der Waals surface area contributed by atoms with Crippen LogP contribution in [0.4, 0.5) is 0 Å². The maximum absolute atomic E-state index is 12.8. The van der Waals surface area contributed by atoms with E-state index in [-0.39, 0.29) is 41.7 Å². The molecule has 0 bridgehead atoms. The summed E-state index contributed by atoms with van der Waals surface area (Å²) in [5, 5.41) is 0. The largest absolute Gasteiger partial charge is 0.376 e. The molecule has 8 heteroatoms. The molecule has 0 N–H and O–H groups in total. The van der Waals surface area contributed by atoms with Gasteiger partial charge in [0.05, 0.1) is 17.6 Å². The van der Waals surface area contributed by atoms with Gasteiger partial charge in [0, 0.05) is 31.5 Å². The van der Waals surface area contributed by atoms with Gasteiger partial charge in [0.2, 0.25) is 5.91 Å². The Labute approximate surface area is 141 Å². The molecule has 1 aromatic rings. The Hall–Kier alpha value is -1.67. The van der Waals surface area contributed by atoms with Gasteiger partial charge in [-0.3, -0.25) is 9.59 Å². The lowest BCUT2D eigenvalue weighted by atomic mass is 10.1. The molecule has 2 aliphatic rings. The number of hydrogen-bond donors (Lipinski definition) is 0. The summed E-state index contributed by atoms with van der Waals surface area (Å²) in [5.74, 6) is -0.131. The van der Waals surface area contributed by atoms with Gasteiger partial charge in [0.1, 0.15) is 6.54 Å². The van der Waals surface area contributed by atoms with Crippen LogP contribution >= 0.6 is 0 Å². The third-order valence-electron chi connectivity index (χ3n) is 4.60. The van der Waals surface area contributed by atoms with Gasteiger partial charge in [0.25, 0.3) is 5.56 Å². The van der Waals surface area contributed by atoms with Crippen LogP contribution in [-0.4, -0.2) is 60.6 Å². The van der Waals surface area contributed by atoms with Crippen LogP contribution in [0.1, 0.15) is 19.3 Å². The smallest absolute Gasteiger partial charge is 0.250 e. The average molecular weight is 354 g/mol. The van der Waals surface area contributed by atoms with Crippen LogP contribution in [-0.2, 0) is 25.9 Å². The van der Waals surface area contributed by atoms with Gasteiger partial charge in [-0.25, -0.2) is 8.42 Å². The maximum Gasteiger partial charge on any atom is 0.250 e. The zero-order chi connectivity index (χ0) is 17.2. The third-order valence-corrected chi connectivity index (χ3v) is 6.35. The number of amides is 1. The second-order valence-corrected chi connectivity index (χ2v) is 8.63. The molecule has 2 saturated heterocycles. The van der Waals surface area contributed by atoms with E-state index in [2.05, 4.69) is 0 Å². The highest BCUT2D eigenvalue weighted by atomic mass is 32.2. The summed E-state index contributed by atoms with van der Waals surface area (Å²) in [4.78, 5) is 26.2. The van der Waals surface area contributed by atoms with Crippen molar-refractivity contribution in [2.24, 2.45) is 0 Å². The molecule has 2 fully saturated rings. The highest BCUT2D eigenvalue weighted by Crippen LogP contribution is 2.21. The number of carbonyl (C=O) groups is 1. The molecule has 1 amide bonds. The van der Waals surface area contributed by atoms with E-state index in [1.165, 1.54) is 10.6 Å². The first-order valence-corrected chi connectivity index (χ1v) is 10.0. The Balaban J connectivity index is 1.76. The van der Waals surface area contributed by atoms with Crippen LogP contribution in [0.2, 0.25) is 0 Å². The van der Waals surface area contributed by atoms with E-state index in [9.17, 15) is 18.0 Å². The fraction of sp³-hybridized carbons (Fsp3) is 0.625. The van der Waals surface area contributed by atoms with Gasteiger partial charge in [-0.1, -0.05) is 6.07 Å². The quantitative estimate of drug-likeness (QED) is 0.745. The minimum atomic E-state index is -3.09. The normalized spacial score (nSPS) is 25.7. The molecule has 0 saturated carbocycles. The first-order chi connectivity index (χ1) is 11.4. The summed E-state index contributed by atoms with van der Waals surface area (Å²) < 4.78 is 30.5. The van der Waals surface area contributed by atoms with Crippen LogP contribution in [0.5, 0.6) is 0 Å². The van der Waals surface area contributed by atoms with Crippen molar-refractivity contribution in [2.45, 2.75) is 38.0 Å². The lowest BCUT2D eigenvalue weighted by molar-refractivity contribution is -0.135. The Kier molecular flexibility index (Phi) is 5.05. The molecule has 0 aliphatic carbocycles. The molecule has 1 aromatic heterocycles. The first-order valence-electron chi connectivity index (χ1n) is 8.21. The topological polar surface area (TPSA) is 85.7 Å². The standard InChI is InChI=1S/C16H22N2O5S/c19-15-5-1-2-7-17(15)11-16(20)18(10-14-4-3-8-23-14)13-6-9-24(21,22)12-13/h1-2,5,7,13-14H,3-4,6,8-12H2. The predicted molar refractivity (Wildman–Crippen MR) is 88.4 cm³/mol. The molecule has 0 radical (unpaired) electrons. The predicted octanol–water partition coefficient (Wildman–Crippen LogP) is 0.0430. The monoisotopic (exact) mass is 354 g/mol. The summed E-state index contributed by atoms with van der Waals surface area (Å²) in [7, 11) is -3.09. The van der Waals surface area contributed by atoms with Gasteiger partial charge in [0.15, 0.2) is 9.84 Å². The van der Waals surface area contributed by atoms with Gasteiger partial charge >= 0.3 is 0 Å². The highest BCUT2D eigenvalue weighted by Gasteiger charge is 2.36. The number of hydrogen-bond acceptors (Lipinski definition) is 5. The van der Waals surface area contributed by atoms with Crippen molar-refractivity contribution in [3.05, 3.63) is 34.7 Å². The first kappa shape index (κ1) is 17.2. The number of rotatable bonds is 5. The maximum atomic E-state index is 12.8. The Morgan fingerprint density at radius 1 is 1.33 bits per heavy atom. The van der Waals surface area contributed by atoms with Crippen molar-refractivity contribution in [1.29, 1.82) is 0 Å². The molecule has 2 unspecified atom stereocenters. The lowest BCUT2D eigenvalue weighted by Crippen LogP contribution is -2.47. The van der Waals surface area contributed by atoms with Crippen LogP contribution in [0.15, 0.2) is 29.2 Å². The minimum Gasteiger partial charge on any atom is -0.376 e. The SMILES string of the molecule is O=C(Cn1ccccc1=O)N(CC1CCCO1)C1CCS(=O)(=O)C1. The summed E-state index contributed by atoms with van der Waals surface area (Å²) >= 11 is 0. The van der Waals surface area contributed by atoms with Crippen molar-refractivity contribution >= 4 is 15.7 Å². The number of sulfone groups is 1. The van der Waals surface area contributed by atoms with Gasteiger partial charge in [-0.15, -0.1) is 0 Å². The molecule has 2 aliphatic heterocycles. The van der Waals surface area contributed by atoms with Crippen LogP contribution in [0, 0.1) is 0 Å². The van der Waals surface area contributed by atoms with E-state index in [4.69, 9.17) is 4.74 Å². The number of carbonyl (C=O) groups excluding carboxylic acids is 1. The summed E-state index contributed by atoms with van der Waals surface area (Å²) in [5.41, 5.74) is -0.248. The number of nitrogens with zero attached hydrogens (tertiary/aromatic N) is 2. The second-order valence-electron chi connectivity index (χ2n) is 6.40. The zero-order valence-electron chi connectivity index (χ0n) is 13.5. The number of ether oxygens (including phenoxy) is 1. The summed E-state index contributed by atoms with van der Waals surface area (Å²) in [6, 6.07) is 4.39. The summed E-state index contributed by atoms with van der Waals surface area (Å²) in [6.45, 7) is 0.983. The van der Waals surface area contributed by atoms with E-state index >= 15 is 0 Å². The van der Waals surface area contributed by atoms with E-state index in [1.54, 1.807) is 23.2 Å². The van der Waals surface area contributed by atoms with Crippen LogP contribution in [0.25, 0.3) is 0 Å². The van der Waals surface area contributed by atoms with E-state index < -0.39 is 9.84 Å². The highest BCUT2D eigenvalue weighted by molar-refractivity contribution is 7.91. The molecule has 132 valence electrons. The van der Waals surface area contributed by atoms with E-state index in [0.29, 0.717) is 19.6 Å². The molecule has 0 spiro atoms. The number of pyridine rings is 1. The Bertz CT molecular complexity index is 752. The molecule has 7 nitrogen and oxygen atoms in total. The Morgan fingerprint density at radius 3 is 2.79 bits per heavy atom. The molecule has 24 heavy (non-hydrogen) atoms. The fourth-order valence-electron chi connectivity index (χ4n) is 3.31. The van der Waals surface area contributed by atoms with E-state index in [1.807, 2.05) is 0 Å². The molecule has 3 heterocycles. The van der Waals surface area contributed by atoms with Crippen molar-refractivity contribution in [3.63, 3.8) is 0 Å². The zero-order valence-corrected chi connectivity index (χ0v) is 14.3. The van der Waals surface area contributed by atoms with Crippen molar-refractivity contribution < 1.29 is 17.9 Å². The van der Waals surface area contributed by atoms with E-state index in [0.717, 1.165) is 12.8 Å². The Morgan fingerprint density at radius 2 is 2.17 bits per heavy atom. The molecular weight excluding hydrogens is 332 g/mol. The van der Waals surface area contributed by atoms with Crippen LogP contribution in [0.3, 0.4) is 0 Å². The summed E-state index contributed by atoms with van der Waals surface area (Å²) in [6.07, 6.45) is 3.78. The minimum absolute atomic E-state index is 0.00481. The van der Waals surface area contributed by atoms with Crippen molar-refractivity contribution in [3.8, 4) is 0 Å². The number of aromatic nitrogens is 1. The molecule has 3 rings (SSSR count). The van der Waals surface area contributed by atoms with Crippen LogP contribution < -0.4 is 5.56 Å². The second kappa shape index (κ2) is 7.06. The molecule has 2 atom stereocenters. The molecule has 0 aromatic carbocycles.